The maximum Gasteiger partial charge on any atom is 0.301 e. The van der Waals surface area contributed by atoms with E-state index in [-0.39, 0.29) is 11.4 Å². The lowest BCUT2D eigenvalue weighted by molar-refractivity contribution is -0.393. The molecule has 0 heterocycles. The van der Waals surface area contributed by atoms with E-state index in [0.29, 0.717) is 17.9 Å². The minimum Gasteiger partial charge on any atom is -0.493 e. The van der Waals surface area contributed by atoms with Gasteiger partial charge in [0.1, 0.15) is 5.69 Å². The summed E-state index contributed by atoms with van der Waals surface area (Å²) in [6, 6.07) is 8.67. The number of hydrazone groups is 1. The second kappa shape index (κ2) is 8.42. The molecule has 2 aromatic rings. The third-order valence-corrected chi connectivity index (χ3v) is 3.44. The van der Waals surface area contributed by atoms with E-state index >= 15 is 0 Å². The second-order valence-electron chi connectivity index (χ2n) is 5.03. The Hall–Kier alpha value is -3.69. The average Bonchev–Trinajstić information content (AvgIpc) is 2.64. The van der Waals surface area contributed by atoms with Crippen LogP contribution in [0.25, 0.3) is 0 Å². The SMILES string of the molecule is COc1ccc(C/C=N\Nc2ccc([N+](=O)[O-])cc2[N+](=O)[O-])cc1OC. The Labute approximate surface area is 148 Å². The molecule has 0 spiro atoms. The zero-order chi connectivity index (χ0) is 19.1. The van der Waals surface area contributed by atoms with E-state index in [4.69, 9.17) is 9.47 Å². The summed E-state index contributed by atoms with van der Waals surface area (Å²) in [7, 11) is 3.07. The van der Waals surface area contributed by atoms with E-state index in [1.807, 2.05) is 6.07 Å². The summed E-state index contributed by atoms with van der Waals surface area (Å²) >= 11 is 0. The standard InChI is InChI=1S/C16H16N4O6/c1-25-15-6-3-11(9-16(15)26-2)7-8-17-18-13-5-4-12(19(21)22)10-14(13)20(23)24/h3-6,8-10,18H,7H2,1-2H3/b17-8-. The molecule has 10 heteroatoms. The van der Waals surface area contributed by atoms with Crippen molar-refractivity contribution in [2.45, 2.75) is 6.42 Å². The molecule has 0 aliphatic carbocycles. The molecule has 2 rings (SSSR count). The number of rotatable bonds is 8. The highest BCUT2D eigenvalue weighted by Gasteiger charge is 2.19. The van der Waals surface area contributed by atoms with Gasteiger partial charge in [-0.15, -0.1) is 0 Å². The molecule has 1 N–H and O–H groups in total. The number of hydrogen-bond donors (Lipinski definition) is 1. The van der Waals surface area contributed by atoms with Crippen LogP contribution in [0, 0.1) is 20.2 Å². The summed E-state index contributed by atoms with van der Waals surface area (Å²) in [6.07, 6.45) is 1.96. The van der Waals surface area contributed by atoms with E-state index < -0.39 is 15.5 Å². The van der Waals surface area contributed by atoms with Crippen LogP contribution in [0.5, 0.6) is 11.5 Å². The van der Waals surface area contributed by atoms with Gasteiger partial charge in [0.2, 0.25) is 0 Å². The zero-order valence-electron chi connectivity index (χ0n) is 14.0. The van der Waals surface area contributed by atoms with E-state index in [1.165, 1.54) is 25.5 Å². The van der Waals surface area contributed by atoms with Crippen molar-refractivity contribution in [3.8, 4) is 11.5 Å². The van der Waals surface area contributed by atoms with Crippen LogP contribution in [0.1, 0.15) is 5.56 Å². The van der Waals surface area contributed by atoms with Gasteiger partial charge >= 0.3 is 5.69 Å². The van der Waals surface area contributed by atoms with Gasteiger partial charge in [0.05, 0.1) is 30.1 Å². The van der Waals surface area contributed by atoms with Gasteiger partial charge in [-0.3, -0.25) is 25.7 Å². The highest BCUT2D eigenvalue weighted by Crippen LogP contribution is 2.29. The molecular formula is C16H16N4O6. The lowest BCUT2D eigenvalue weighted by Crippen LogP contribution is -1.99. The number of nitrogens with zero attached hydrogens (tertiary/aromatic N) is 3. The van der Waals surface area contributed by atoms with Crippen molar-refractivity contribution in [2.75, 3.05) is 19.6 Å². The minimum atomic E-state index is -0.709. The first-order valence-corrected chi connectivity index (χ1v) is 7.37. The lowest BCUT2D eigenvalue weighted by atomic mass is 10.1. The quantitative estimate of drug-likeness (QED) is 0.435. The van der Waals surface area contributed by atoms with Crippen LogP contribution in [-0.4, -0.2) is 30.3 Å². The molecule has 0 atom stereocenters. The predicted molar refractivity (Wildman–Crippen MR) is 95.1 cm³/mol. The number of benzene rings is 2. The topological polar surface area (TPSA) is 129 Å². The van der Waals surface area contributed by atoms with Crippen LogP contribution in [-0.2, 0) is 6.42 Å². The maximum atomic E-state index is 11.0. The highest BCUT2D eigenvalue weighted by molar-refractivity contribution is 5.68. The predicted octanol–water partition coefficient (Wildman–Crippen LogP) is 3.16. The zero-order valence-corrected chi connectivity index (χ0v) is 14.0. The summed E-state index contributed by atoms with van der Waals surface area (Å²) in [5.41, 5.74) is 2.69. The maximum absolute atomic E-state index is 11.0. The largest absolute Gasteiger partial charge is 0.493 e. The van der Waals surface area contributed by atoms with E-state index in [1.54, 1.807) is 19.2 Å². The van der Waals surface area contributed by atoms with Gasteiger partial charge < -0.3 is 9.47 Å². The summed E-state index contributed by atoms with van der Waals surface area (Å²) in [6.45, 7) is 0. The average molecular weight is 360 g/mol. The Balaban J connectivity index is 2.09. The van der Waals surface area contributed by atoms with Gasteiger partial charge in [-0.2, -0.15) is 5.10 Å². The molecular weight excluding hydrogens is 344 g/mol. The number of non-ortho nitro benzene ring substituents is 1. The number of ether oxygens (including phenoxy) is 2. The van der Waals surface area contributed by atoms with Crippen LogP contribution in [0.15, 0.2) is 41.5 Å². The van der Waals surface area contributed by atoms with Gasteiger partial charge in [-0.1, -0.05) is 6.07 Å². The Bertz CT molecular complexity index is 853. The van der Waals surface area contributed by atoms with Gasteiger partial charge in [0.15, 0.2) is 11.5 Å². The van der Waals surface area contributed by atoms with Crippen molar-refractivity contribution < 1.29 is 19.3 Å². The molecule has 0 radical (unpaired) electrons. The summed E-state index contributed by atoms with van der Waals surface area (Å²) < 4.78 is 10.4. The second-order valence-corrected chi connectivity index (χ2v) is 5.03. The number of hydrogen-bond acceptors (Lipinski definition) is 8. The van der Waals surface area contributed by atoms with Crippen LogP contribution in [0.3, 0.4) is 0 Å². The van der Waals surface area contributed by atoms with Gasteiger partial charge in [0, 0.05) is 18.7 Å². The van der Waals surface area contributed by atoms with Gasteiger partial charge in [-0.05, 0) is 23.8 Å². The van der Waals surface area contributed by atoms with Crippen molar-refractivity contribution in [3.63, 3.8) is 0 Å². The smallest absolute Gasteiger partial charge is 0.301 e. The number of nitro benzene ring substituents is 2. The molecule has 0 aliphatic heterocycles. The molecule has 0 aliphatic rings. The molecule has 0 saturated carbocycles. The number of nitrogens with one attached hydrogen (secondary N) is 1. The van der Waals surface area contributed by atoms with Crippen LogP contribution in [0.2, 0.25) is 0 Å². The molecule has 0 amide bonds. The molecule has 136 valence electrons. The van der Waals surface area contributed by atoms with Gasteiger partial charge in [-0.25, -0.2) is 0 Å². The fraction of sp³-hybridized carbons (Fsp3) is 0.188. The van der Waals surface area contributed by atoms with Crippen LogP contribution >= 0.6 is 0 Å². The molecule has 0 fully saturated rings. The lowest BCUT2D eigenvalue weighted by Gasteiger charge is -2.08. The molecule has 26 heavy (non-hydrogen) atoms. The van der Waals surface area contributed by atoms with Crippen molar-refractivity contribution in [1.82, 2.24) is 0 Å². The molecule has 0 saturated heterocycles. The van der Waals surface area contributed by atoms with Crippen LogP contribution < -0.4 is 14.9 Å². The fourth-order valence-electron chi connectivity index (χ4n) is 2.15. The first-order chi connectivity index (χ1) is 12.5. The third kappa shape index (κ3) is 4.44. The fourth-order valence-corrected chi connectivity index (χ4v) is 2.15. The van der Waals surface area contributed by atoms with Crippen molar-refractivity contribution in [3.05, 3.63) is 62.2 Å². The Kier molecular flexibility index (Phi) is 6.04. The first kappa shape index (κ1) is 18.6. The monoisotopic (exact) mass is 360 g/mol. The minimum absolute atomic E-state index is 0.0594. The summed E-state index contributed by atoms with van der Waals surface area (Å²) in [5.74, 6) is 1.19. The number of anilines is 1. The van der Waals surface area contributed by atoms with E-state index in [9.17, 15) is 20.2 Å². The number of nitro groups is 2. The molecule has 0 bridgehead atoms. The Morgan fingerprint density at radius 2 is 1.77 bits per heavy atom. The number of methoxy groups -OCH3 is 2. The summed E-state index contributed by atoms with van der Waals surface area (Å²) in [5, 5.41) is 25.7. The highest BCUT2D eigenvalue weighted by atomic mass is 16.6. The van der Waals surface area contributed by atoms with Crippen LogP contribution in [0.4, 0.5) is 17.1 Å². The van der Waals surface area contributed by atoms with Crippen molar-refractivity contribution in [1.29, 1.82) is 0 Å². The van der Waals surface area contributed by atoms with E-state index in [0.717, 1.165) is 11.6 Å². The van der Waals surface area contributed by atoms with Crippen molar-refractivity contribution in [2.24, 2.45) is 5.10 Å². The van der Waals surface area contributed by atoms with E-state index in [2.05, 4.69) is 10.5 Å². The molecule has 10 nitrogen and oxygen atoms in total. The normalized spacial score (nSPS) is 10.5. The van der Waals surface area contributed by atoms with Gasteiger partial charge in [0.25, 0.3) is 5.69 Å². The first-order valence-electron chi connectivity index (χ1n) is 7.37. The van der Waals surface area contributed by atoms with Crippen molar-refractivity contribution >= 4 is 23.3 Å². The Morgan fingerprint density at radius 3 is 2.38 bits per heavy atom. The molecule has 0 unspecified atom stereocenters. The third-order valence-electron chi connectivity index (χ3n) is 3.44. The Morgan fingerprint density at radius 1 is 1.04 bits per heavy atom. The molecule has 2 aromatic carbocycles. The summed E-state index contributed by atoms with van der Waals surface area (Å²) in [4.78, 5) is 20.4. The molecule has 0 aromatic heterocycles.